The van der Waals surface area contributed by atoms with Crippen LogP contribution in [0.4, 0.5) is 5.13 Å². The van der Waals surface area contributed by atoms with Crippen LogP contribution in [0.2, 0.25) is 10.0 Å². The van der Waals surface area contributed by atoms with E-state index >= 15 is 0 Å². The van der Waals surface area contributed by atoms with Gasteiger partial charge in [0.15, 0.2) is 5.82 Å². The quantitative estimate of drug-likeness (QED) is 0.803. The van der Waals surface area contributed by atoms with Gasteiger partial charge in [-0.1, -0.05) is 34.5 Å². The fourth-order valence-electron chi connectivity index (χ4n) is 1.50. The lowest BCUT2D eigenvalue weighted by molar-refractivity contribution is 0.293. The van der Waals surface area contributed by atoms with Gasteiger partial charge in [-0.25, -0.2) is 0 Å². The van der Waals surface area contributed by atoms with Crippen molar-refractivity contribution in [3.8, 4) is 5.75 Å². The van der Waals surface area contributed by atoms with Gasteiger partial charge in [-0.3, -0.25) is 0 Å². The Morgan fingerprint density at radius 2 is 2.16 bits per heavy atom. The third-order valence-electron chi connectivity index (χ3n) is 2.32. The lowest BCUT2D eigenvalue weighted by Gasteiger charge is -2.06. The standard InChI is InChI=1S/C10H7Cl2N5OS/c11-5-1-2-7(6(12)3-5)18-4-8-14-15-10-17(8)16-9(13)19-10/h1-3H,4H2,(H2,13,16). The first-order valence-corrected chi connectivity index (χ1v) is 6.75. The molecule has 19 heavy (non-hydrogen) atoms. The van der Waals surface area contributed by atoms with E-state index in [0.29, 0.717) is 31.7 Å². The summed E-state index contributed by atoms with van der Waals surface area (Å²) in [6.45, 7) is 0.186. The number of ether oxygens (including phenoxy) is 1. The molecule has 2 N–H and O–H groups in total. The van der Waals surface area contributed by atoms with Gasteiger partial charge in [-0.05, 0) is 18.2 Å². The number of fused-ring (bicyclic) bond motifs is 1. The van der Waals surface area contributed by atoms with Gasteiger partial charge in [0.1, 0.15) is 12.4 Å². The molecule has 3 aromatic rings. The molecule has 0 fully saturated rings. The maximum atomic E-state index is 6.01. The normalized spacial score (nSPS) is 11.1. The summed E-state index contributed by atoms with van der Waals surface area (Å²) in [5, 5.41) is 13.4. The van der Waals surface area contributed by atoms with Crippen LogP contribution in [-0.2, 0) is 6.61 Å². The number of rotatable bonds is 3. The Morgan fingerprint density at radius 1 is 1.32 bits per heavy atom. The number of nitrogens with two attached hydrogens (primary N) is 1. The number of nitrogen functional groups attached to an aromatic ring is 1. The summed E-state index contributed by atoms with van der Waals surface area (Å²) in [4.78, 5) is 0.623. The predicted molar refractivity (Wildman–Crippen MR) is 73.9 cm³/mol. The van der Waals surface area contributed by atoms with Crippen LogP contribution in [0.3, 0.4) is 0 Å². The van der Waals surface area contributed by atoms with E-state index in [9.17, 15) is 0 Å². The summed E-state index contributed by atoms with van der Waals surface area (Å²) in [5.41, 5.74) is 5.59. The minimum atomic E-state index is 0.186. The third kappa shape index (κ3) is 2.44. The molecule has 6 nitrogen and oxygen atoms in total. The fourth-order valence-corrected chi connectivity index (χ4v) is 2.58. The first kappa shape index (κ1) is 12.5. The smallest absolute Gasteiger partial charge is 0.236 e. The van der Waals surface area contributed by atoms with Crippen LogP contribution in [-0.4, -0.2) is 19.8 Å². The van der Waals surface area contributed by atoms with Crippen LogP contribution >= 0.6 is 34.5 Å². The molecule has 98 valence electrons. The van der Waals surface area contributed by atoms with E-state index in [2.05, 4.69) is 15.3 Å². The molecule has 0 unspecified atom stereocenters. The zero-order valence-electron chi connectivity index (χ0n) is 9.38. The highest BCUT2D eigenvalue weighted by Gasteiger charge is 2.11. The number of halogens is 2. The van der Waals surface area contributed by atoms with Gasteiger partial charge in [0.2, 0.25) is 10.1 Å². The molecule has 0 aliphatic heterocycles. The average molecular weight is 316 g/mol. The van der Waals surface area contributed by atoms with Crippen molar-refractivity contribution >= 4 is 44.6 Å². The Balaban J connectivity index is 1.82. The van der Waals surface area contributed by atoms with Gasteiger partial charge in [-0.15, -0.1) is 15.3 Å². The number of aromatic nitrogens is 4. The van der Waals surface area contributed by atoms with Crippen molar-refractivity contribution in [2.45, 2.75) is 6.61 Å². The molecule has 9 heteroatoms. The minimum absolute atomic E-state index is 0.186. The molecule has 2 aromatic heterocycles. The fraction of sp³-hybridized carbons (Fsp3) is 0.100. The molecule has 0 aliphatic carbocycles. The summed E-state index contributed by atoms with van der Waals surface area (Å²) in [5.74, 6) is 1.07. The first-order valence-electron chi connectivity index (χ1n) is 5.18. The molecular formula is C10H7Cl2N5OS. The Bertz CT molecular complexity index is 741. The van der Waals surface area contributed by atoms with E-state index in [1.165, 1.54) is 11.3 Å². The van der Waals surface area contributed by atoms with Crippen molar-refractivity contribution in [2.24, 2.45) is 0 Å². The summed E-state index contributed by atoms with van der Waals surface area (Å²) in [6, 6.07) is 5.00. The Labute approximate surface area is 121 Å². The van der Waals surface area contributed by atoms with Gasteiger partial charge in [-0.2, -0.15) is 4.52 Å². The van der Waals surface area contributed by atoms with Gasteiger partial charge >= 0.3 is 0 Å². The second kappa shape index (κ2) is 4.84. The van der Waals surface area contributed by atoms with Crippen molar-refractivity contribution in [1.82, 2.24) is 19.8 Å². The molecule has 0 aliphatic rings. The molecule has 0 amide bonds. The predicted octanol–water partition coefficient (Wildman–Crippen LogP) is 2.65. The zero-order valence-corrected chi connectivity index (χ0v) is 11.7. The number of hydrogen-bond acceptors (Lipinski definition) is 6. The lowest BCUT2D eigenvalue weighted by atomic mass is 10.3. The van der Waals surface area contributed by atoms with E-state index in [0.717, 1.165) is 0 Å². The second-order valence-electron chi connectivity index (χ2n) is 3.61. The van der Waals surface area contributed by atoms with E-state index in [1.54, 1.807) is 22.7 Å². The van der Waals surface area contributed by atoms with Gasteiger partial charge in [0.05, 0.1) is 5.02 Å². The van der Waals surface area contributed by atoms with Gasteiger partial charge < -0.3 is 10.5 Å². The summed E-state index contributed by atoms with van der Waals surface area (Å²) >= 11 is 13.1. The summed E-state index contributed by atoms with van der Waals surface area (Å²) in [6.07, 6.45) is 0. The molecule has 0 saturated heterocycles. The van der Waals surface area contributed by atoms with E-state index in [4.69, 9.17) is 33.7 Å². The monoisotopic (exact) mass is 315 g/mol. The van der Waals surface area contributed by atoms with Crippen molar-refractivity contribution in [1.29, 1.82) is 0 Å². The van der Waals surface area contributed by atoms with Crippen molar-refractivity contribution in [2.75, 3.05) is 5.73 Å². The molecule has 2 heterocycles. The number of hydrogen-bond donors (Lipinski definition) is 1. The van der Waals surface area contributed by atoms with Gasteiger partial charge in [0.25, 0.3) is 0 Å². The maximum Gasteiger partial charge on any atom is 0.236 e. The highest BCUT2D eigenvalue weighted by Crippen LogP contribution is 2.28. The van der Waals surface area contributed by atoms with Crippen LogP contribution in [0.25, 0.3) is 4.96 Å². The van der Waals surface area contributed by atoms with E-state index in [-0.39, 0.29) is 6.61 Å². The van der Waals surface area contributed by atoms with Crippen molar-refractivity contribution in [3.05, 3.63) is 34.1 Å². The topological polar surface area (TPSA) is 78.3 Å². The van der Waals surface area contributed by atoms with Gasteiger partial charge in [0, 0.05) is 5.02 Å². The lowest BCUT2D eigenvalue weighted by Crippen LogP contribution is -2.03. The summed E-state index contributed by atoms with van der Waals surface area (Å²) < 4.78 is 7.11. The largest absolute Gasteiger partial charge is 0.484 e. The molecule has 0 bridgehead atoms. The van der Waals surface area contributed by atoms with E-state index < -0.39 is 0 Å². The molecule has 0 atom stereocenters. The highest BCUT2D eigenvalue weighted by molar-refractivity contribution is 7.20. The average Bonchev–Trinajstić information content (AvgIpc) is 2.88. The minimum Gasteiger partial charge on any atom is -0.484 e. The summed E-state index contributed by atoms with van der Waals surface area (Å²) in [7, 11) is 0. The van der Waals surface area contributed by atoms with Crippen LogP contribution in [0.1, 0.15) is 5.82 Å². The molecular weight excluding hydrogens is 309 g/mol. The molecule has 0 radical (unpaired) electrons. The second-order valence-corrected chi connectivity index (χ2v) is 5.45. The molecule has 1 aromatic carbocycles. The van der Waals surface area contributed by atoms with E-state index in [1.807, 2.05) is 0 Å². The highest BCUT2D eigenvalue weighted by atomic mass is 35.5. The Morgan fingerprint density at radius 3 is 2.95 bits per heavy atom. The van der Waals surface area contributed by atoms with Crippen molar-refractivity contribution in [3.63, 3.8) is 0 Å². The van der Waals surface area contributed by atoms with Crippen molar-refractivity contribution < 1.29 is 4.74 Å². The van der Waals surface area contributed by atoms with Crippen LogP contribution in [0.5, 0.6) is 5.75 Å². The van der Waals surface area contributed by atoms with Crippen LogP contribution in [0, 0.1) is 0 Å². The zero-order chi connectivity index (χ0) is 13.4. The molecule has 0 spiro atoms. The first-order chi connectivity index (χ1) is 9.13. The Kier molecular flexibility index (Phi) is 3.17. The number of anilines is 1. The number of benzene rings is 1. The maximum absolute atomic E-state index is 6.01. The van der Waals surface area contributed by atoms with Crippen LogP contribution < -0.4 is 10.5 Å². The Hall–Kier alpha value is -1.57. The third-order valence-corrected chi connectivity index (χ3v) is 3.58. The molecule has 0 saturated carbocycles. The number of nitrogens with zero attached hydrogens (tertiary/aromatic N) is 4. The van der Waals surface area contributed by atoms with Crippen LogP contribution in [0.15, 0.2) is 18.2 Å². The molecule has 3 rings (SSSR count). The SMILES string of the molecule is Nc1nn2c(COc3ccc(Cl)cc3Cl)nnc2s1.